The minimum Gasteiger partial charge on any atom is -0.464 e. The van der Waals surface area contributed by atoms with Crippen LogP contribution in [0.2, 0.25) is 5.02 Å². The van der Waals surface area contributed by atoms with Crippen LogP contribution in [0.5, 0.6) is 0 Å². The number of esters is 1. The highest BCUT2D eigenvalue weighted by Gasteiger charge is 2.38. The molecule has 0 aliphatic carbocycles. The summed E-state index contributed by atoms with van der Waals surface area (Å²) in [4.78, 5) is 25.4. The molecule has 0 bridgehead atoms. The molecule has 1 heterocycles. The normalized spacial score (nSPS) is 11.6. The Hall–Kier alpha value is -2.32. The zero-order chi connectivity index (χ0) is 19.9. The molecule has 3 aromatic rings. The van der Waals surface area contributed by atoms with E-state index in [9.17, 15) is 22.8 Å². The van der Waals surface area contributed by atoms with E-state index in [-0.39, 0.29) is 20.7 Å². The highest BCUT2D eigenvalue weighted by molar-refractivity contribution is 9.10. The predicted molar refractivity (Wildman–Crippen MR) is 97.2 cm³/mol. The van der Waals surface area contributed by atoms with Crippen molar-refractivity contribution in [2.45, 2.75) is 6.18 Å². The Bertz CT molecular complexity index is 1080. The van der Waals surface area contributed by atoms with Crippen molar-refractivity contribution in [2.24, 2.45) is 0 Å². The molecule has 0 unspecified atom stereocenters. The van der Waals surface area contributed by atoms with Crippen molar-refractivity contribution in [1.82, 2.24) is 4.57 Å². The summed E-state index contributed by atoms with van der Waals surface area (Å²) in [5.41, 5.74) is -1.92. The fourth-order valence-corrected chi connectivity index (χ4v) is 3.71. The number of aromatic nitrogens is 1. The second-order valence-corrected chi connectivity index (χ2v) is 6.67. The number of carbonyl (C=O) groups is 2. The van der Waals surface area contributed by atoms with E-state index in [0.29, 0.717) is 5.39 Å². The monoisotopic (exact) mass is 459 g/mol. The summed E-state index contributed by atoms with van der Waals surface area (Å²) in [5.74, 6) is -1.97. The molecule has 27 heavy (non-hydrogen) atoms. The van der Waals surface area contributed by atoms with Crippen LogP contribution < -0.4 is 0 Å². The third kappa shape index (κ3) is 3.23. The van der Waals surface area contributed by atoms with Crippen LogP contribution in [-0.4, -0.2) is 23.6 Å². The Labute approximate surface area is 164 Å². The highest BCUT2D eigenvalue weighted by atomic mass is 79.9. The van der Waals surface area contributed by atoms with Gasteiger partial charge in [-0.2, -0.15) is 13.2 Å². The van der Waals surface area contributed by atoms with Crippen molar-refractivity contribution >= 4 is 50.3 Å². The van der Waals surface area contributed by atoms with Crippen molar-refractivity contribution in [1.29, 1.82) is 0 Å². The van der Waals surface area contributed by atoms with Gasteiger partial charge in [0.2, 0.25) is 0 Å². The van der Waals surface area contributed by atoms with E-state index in [0.717, 1.165) is 23.8 Å². The van der Waals surface area contributed by atoms with Gasteiger partial charge in [0, 0.05) is 5.39 Å². The van der Waals surface area contributed by atoms with E-state index in [1.54, 1.807) is 18.2 Å². The third-order valence-corrected chi connectivity index (χ3v) is 5.05. The Kier molecular flexibility index (Phi) is 5.05. The molecule has 0 spiro atoms. The summed E-state index contributed by atoms with van der Waals surface area (Å²) < 4.78 is 46.1. The Morgan fingerprint density at radius 1 is 1.11 bits per heavy atom. The number of hydrogen-bond acceptors (Lipinski definition) is 3. The molecule has 1 aromatic heterocycles. The summed E-state index contributed by atoms with van der Waals surface area (Å²) in [5, 5.41) is 0.0893. The van der Waals surface area contributed by atoms with Crippen LogP contribution in [0.1, 0.15) is 26.4 Å². The molecular weight excluding hydrogens is 451 g/mol. The van der Waals surface area contributed by atoms with Crippen molar-refractivity contribution in [3.8, 4) is 0 Å². The van der Waals surface area contributed by atoms with Crippen molar-refractivity contribution in [3.05, 3.63) is 68.8 Å². The Morgan fingerprint density at radius 2 is 1.78 bits per heavy atom. The molecule has 3 rings (SSSR count). The van der Waals surface area contributed by atoms with Gasteiger partial charge in [0.25, 0.3) is 5.91 Å². The van der Waals surface area contributed by atoms with Crippen LogP contribution in [0.4, 0.5) is 13.2 Å². The summed E-state index contributed by atoms with van der Waals surface area (Å²) >= 11 is 9.17. The van der Waals surface area contributed by atoms with Gasteiger partial charge in [-0.3, -0.25) is 9.36 Å². The topological polar surface area (TPSA) is 48.3 Å². The van der Waals surface area contributed by atoms with Gasteiger partial charge in [-0.05, 0) is 34.1 Å². The van der Waals surface area contributed by atoms with Crippen LogP contribution in [0.15, 0.2) is 46.9 Å². The average molecular weight is 461 g/mol. The Balaban J connectivity index is 2.38. The van der Waals surface area contributed by atoms with Gasteiger partial charge < -0.3 is 4.74 Å². The minimum absolute atomic E-state index is 0.225. The molecule has 0 fully saturated rings. The number of para-hydroxylation sites is 1. The predicted octanol–water partition coefficient (Wildman–Crippen LogP) is 5.55. The van der Waals surface area contributed by atoms with Gasteiger partial charge in [-0.1, -0.05) is 35.9 Å². The fourth-order valence-electron chi connectivity index (χ4n) is 2.78. The molecule has 0 saturated heterocycles. The average Bonchev–Trinajstić information content (AvgIpc) is 2.92. The summed E-state index contributed by atoms with van der Waals surface area (Å²) in [7, 11) is 1.11. The summed E-state index contributed by atoms with van der Waals surface area (Å²) in [6, 6.07) is 9.44. The van der Waals surface area contributed by atoms with E-state index in [1.807, 2.05) is 0 Å². The van der Waals surface area contributed by atoms with E-state index in [2.05, 4.69) is 15.9 Å². The van der Waals surface area contributed by atoms with Crippen LogP contribution >= 0.6 is 27.5 Å². The van der Waals surface area contributed by atoms with Gasteiger partial charge in [-0.15, -0.1) is 0 Å². The maximum Gasteiger partial charge on any atom is 0.417 e. The largest absolute Gasteiger partial charge is 0.464 e. The number of fused-ring (bicyclic) bond motifs is 1. The molecule has 0 aliphatic rings. The van der Waals surface area contributed by atoms with Crippen LogP contribution in [0.25, 0.3) is 10.9 Å². The van der Waals surface area contributed by atoms with E-state index < -0.39 is 29.2 Å². The number of hydrogen-bond donors (Lipinski definition) is 0. The van der Waals surface area contributed by atoms with Gasteiger partial charge in [0.15, 0.2) is 0 Å². The fraction of sp³-hybridized carbons (Fsp3) is 0.111. The van der Waals surface area contributed by atoms with E-state index in [4.69, 9.17) is 16.3 Å². The summed E-state index contributed by atoms with van der Waals surface area (Å²) in [6.07, 6.45) is -4.80. The molecule has 9 heteroatoms. The quantitative estimate of drug-likeness (QED) is 0.471. The molecule has 0 saturated carbocycles. The molecule has 140 valence electrons. The summed E-state index contributed by atoms with van der Waals surface area (Å²) in [6.45, 7) is 0. The molecule has 0 radical (unpaired) electrons. The molecule has 2 aromatic carbocycles. The number of halogens is 5. The van der Waals surface area contributed by atoms with Gasteiger partial charge in [-0.25, -0.2) is 4.79 Å². The highest BCUT2D eigenvalue weighted by Crippen LogP contribution is 2.38. The first-order chi connectivity index (χ1) is 12.7. The standard InChI is InChI=1S/C18H10BrClF3NO3/c1-27-17(26)15-14(19)9-5-2-3-8-12(9)24(15)16(25)13-10(18(21,22)23)6-4-7-11(13)20/h2-8H,1H3. The number of carbonyl (C=O) groups excluding carboxylic acids is 2. The number of methoxy groups -OCH3 is 1. The van der Waals surface area contributed by atoms with Gasteiger partial charge in [0.05, 0.1) is 33.2 Å². The second-order valence-electron chi connectivity index (χ2n) is 5.47. The Morgan fingerprint density at radius 3 is 2.41 bits per heavy atom. The lowest BCUT2D eigenvalue weighted by Crippen LogP contribution is -2.23. The van der Waals surface area contributed by atoms with Crippen LogP contribution in [0.3, 0.4) is 0 Å². The lowest BCUT2D eigenvalue weighted by Gasteiger charge is -2.15. The number of alkyl halides is 3. The van der Waals surface area contributed by atoms with E-state index in [1.165, 1.54) is 12.1 Å². The lowest BCUT2D eigenvalue weighted by molar-refractivity contribution is -0.137. The zero-order valence-electron chi connectivity index (χ0n) is 13.6. The van der Waals surface area contributed by atoms with Gasteiger partial charge in [0.1, 0.15) is 5.69 Å². The number of nitrogens with zero attached hydrogens (tertiary/aromatic N) is 1. The second kappa shape index (κ2) is 7.01. The smallest absolute Gasteiger partial charge is 0.417 e. The lowest BCUT2D eigenvalue weighted by atomic mass is 10.1. The molecule has 0 atom stereocenters. The first-order valence-electron chi connectivity index (χ1n) is 7.46. The molecule has 0 N–H and O–H groups in total. The maximum absolute atomic E-state index is 13.4. The van der Waals surface area contributed by atoms with Crippen LogP contribution in [0, 0.1) is 0 Å². The van der Waals surface area contributed by atoms with Crippen LogP contribution in [-0.2, 0) is 10.9 Å². The first kappa shape index (κ1) is 19.4. The van der Waals surface area contributed by atoms with E-state index >= 15 is 0 Å². The number of benzene rings is 2. The maximum atomic E-state index is 13.4. The minimum atomic E-state index is -4.80. The van der Waals surface area contributed by atoms with Crippen molar-refractivity contribution in [3.63, 3.8) is 0 Å². The van der Waals surface area contributed by atoms with Gasteiger partial charge >= 0.3 is 12.1 Å². The third-order valence-electron chi connectivity index (χ3n) is 3.93. The number of rotatable bonds is 2. The molecule has 0 aliphatic heterocycles. The van der Waals surface area contributed by atoms with Crippen molar-refractivity contribution < 1.29 is 27.5 Å². The zero-order valence-corrected chi connectivity index (χ0v) is 15.9. The molecule has 4 nitrogen and oxygen atoms in total. The molecular formula is C18H10BrClF3NO3. The SMILES string of the molecule is COC(=O)c1c(Br)c2ccccc2n1C(=O)c1c(Cl)cccc1C(F)(F)F. The van der Waals surface area contributed by atoms with Crippen molar-refractivity contribution in [2.75, 3.05) is 7.11 Å². The number of ether oxygens (including phenoxy) is 1. The first-order valence-corrected chi connectivity index (χ1v) is 8.63. The molecule has 0 amide bonds.